The number of carbonyl (C=O) groups is 2. The Morgan fingerprint density at radius 2 is 1.81 bits per heavy atom. The van der Waals surface area contributed by atoms with Gasteiger partial charge >= 0.3 is 0 Å². The van der Waals surface area contributed by atoms with Gasteiger partial charge in [0.1, 0.15) is 6.33 Å². The van der Waals surface area contributed by atoms with E-state index in [2.05, 4.69) is 31.9 Å². The maximum Gasteiger partial charge on any atom is 0.236 e. The molecule has 2 aromatic heterocycles. The Hall–Kier alpha value is -2.75. The van der Waals surface area contributed by atoms with Crippen LogP contribution in [0.1, 0.15) is 26.2 Å². The highest BCUT2D eigenvalue weighted by atomic mass is 16.2. The predicted octanol–water partition coefficient (Wildman–Crippen LogP) is 0.353. The quantitative estimate of drug-likeness (QED) is 0.678. The van der Waals surface area contributed by atoms with Crippen LogP contribution in [0, 0.1) is 11.8 Å². The average Bonchev–Trinajstić information content (AvgIpc) is 3.53. The third kappa shape index (κ3) is 4.15. The van der Waals surface area contributed by atoms with Gasteiger partial charge in [-0.1, -0.05) is 6.92 Å². The van der Waals surface area contributed by atoms with Crippen LogP contribution in [0.15, 0.2) is 18.7 Å². The van der Waals surface area contributed by atoms with Crippen molar-refractivity contribution in [3.05, 3.63) is 18.7 Å². The molecule has 2 amide bonds. The second kappa shape index (κ2) is 9.01. The molecule has 0 saturated carbocycles. The summed E-state index contributed by atoms with van der Waals surface area (Å²) >= 11 is 0. The smallest absolute Gasteiger partial charge is 0.236 e. The number of carbonyl (C=O) groups excluding carboxylic acids is 2. The number of aromatic nitrogens is 4. The van der Waals surface area contributed by atoms with Crippen molar-refractivity contribution in [3.63, 3.8) is 0 Å². The number of nitrogens with zero attached hydrogens (tertiary/aromatic N) is 8. The van der Waals surface area contributed by atoms with Gasteiger partial charge in [0.15, 0.2) is 5.82 Å². The number of amides is 2. The van der Waals surface area contributed by atoms with E-state index in [1.165, 1.54) is 0 Å². The summed E-state index contributed by atoms with van der Waals surface area (Å²) in [6, 6.07) is 0. The Morgan fingerprint density at radius 1 is 1.00 bits per heavy atom. The summed E-state index contributed by atoms with van der Waals surface area (Å²) in [6.45, 7) is 8.91. The SMILES string of the molecule is C[C@H]1CN(c2nccn3cnnc23)C[C@H]1C(=O)N1CCCN(CC(=O)N2CCCC2)CC1. The Morgan fingerprint density at radius 3 is 2.66 bits per heavy atom. The minimum absolute atomic E-state index is 0.0576. The van der Waals surface area contributed by atoms with Gasteiger partial charge in [0, 0.05) is 64.8 Å². The minimum atomic E-state index is -0.0576. The number of fused-ring (bicyclic) bond motifs is 1. The van der Waals surface area contributed by atoms with E-state index in [-0.39, 0.29) is 23.7 Å². The molecule has 5 heterocycles. The first-order valence-electron chi connectivity index (χ1n) is 11.8. The van der Waals surface area contributed by atoms with E-state index in [4.69, 9.17) is 0 Å². The molecule has 3 aliphatic heterocycles. The fourth-order valence-corrected chi connectivity index (χ4v) is 5.27. The monoisotopic (exact) mass is 440 g/mol. The third-order valence-corrected chi connectivity index (χ3v) is 7.14. The Labute approximate surface area is 188 Å². The van der Waals surface area contributed by atoms with Gasteiger partial charge in [-0.05, 0) is 25.2 Å². The second-order valence-electron chi connectivity index (χ2n) is 9.34. The van der Waals surface area contributed by atoms with Crippen molar-refractivity contribution in [3.8, 4) is 0 Å². The zero-order valence-corrected chi connectivity index (χ0v) is 18.8. The van der Waals surface area contributed by atoms with Crippen molar-refractivity contribution < 1.29 is 9.59 Å². The number of hydrogen-bond donors (Lipinski definition) is 0. The van der Waals surface area contributed by atoms with E-state index in [9.17, 15) is 9.59 Å². The van der Waals surface area contributed by atoms with E-state index in [0.29, 0.717) is 19.6 Å². The lowest BCUT2D eigenvalue weighted by Crippen LogP contribution is -2.43. The van der Waals surface area contributed by atoms with Gasteiger partial charge in [0.25, 0.3) is 0 Å². The molecule has 0 unspecified atom stereocenters. The minimum Gasteiger partial charge on any atom is -0.352 e. The van der Waals surface area contributed by atoms with E-state index < -0.39 is 0 Å². The molecule has 0 spiro atoms. The molecule has 0 aromatic carbocycles. The van der Waals surface area contributed by atoms with Crippen molar-refractivity contribution in [2.75, 3.05) is 63.8 Å². The van der Waals surface area contributed by atoms with Crippen molar-refractivity contribution >= 4 is 23.3 Å². The van der Waals surface area contributed by atoms with E-state index in [1.54, 1.807) is 12.5 Å². The molecule has 0 N–H and O–H groups in total. The Balaban J connectivity index is 1.20. The van der Waals surface area contributed by atoms with Crippen molar-refractivity contribution in [1.29, 1.82) is 0 Å². The van der Waals surface area contributed by atoms with E-state index >= 15 is 0 Å². The molecule has 0 bridgehead atoms. The molecule has 10 nitrogen and oxygen atoms in total. The molecule has 3 fully saturated rings. The van der Waals surface area contributed by atoms with Gasteiger partial charge < -0.3 is 14.7 Å². The summed E-state index contributed by atoms with van der Waals surface area (Å²) in [4.78, 5) is 38.9. The highest BCUT2D eigenvalue weighted by Crippen LogP contribution is 2.30. The summed E-state index contributed by atoms with van der Waals surface area (Å²) in [5, 5.41) is 8.18. The molecular formula is C22H32N8O2. The third-order valence-electron chi connectivity index (χ3n) is 7.14. The standard InChI is InChI=1S/C22H32N8O2/c1-17-13-30(20-21-25-24-16-29(21)10-5-23-20)14-18(17)22(32)28-9-4-6-26(11-12-28)15-19(31)27-7-2-3-8-27/h5,10,16-18H,2-4,6-9,11-15H2,1H3/t17-,18+/m0/s1. The summed E-state index contributed by atoms with van der Waals surface area (Å²) in [7, 11) is 0. The van der Waals surface area contributed by atoms with E-state index in [0.717, 1.165) is 70.0 Å². The van der Waals surface area contributed by atoms with Gasteiger partial charge in [-0.3, -0.25) is 18.9 Å². The fourth-order valence-electron chi connectivity index (χ4n) is 5.27. The average molecular weight is 441 g/mol. The van der Waals surface area contributed by atoms with Crippen molar-refractivity contribution in [2.45, 2.75) is 26.2 Å². The van der Waals surface area contributed by atoms with Crippen molar-refractivity contribution in [1.82, 2.24) is 34.3 Å². The van der Waals surface area contributed by atoms with Crippen LogP contribution >= 0.6 is 0 Å². The van der Waals surface area contributed by atoms with Gasteiger partial charge in [-0.2, -0.15) is 0 Å². The Kier molecular flexibility index (Phi) is 5.95. The molecule has 172 valence electrons. The highest BCUT2D eigenvalue weighted by molar-refractivity contribution is 5.81. The molecule has 5 rings (SSSR count). The number of likely N-dealkylation sites (tertiary alicyclic amines) is 1. The number of anilines is 1. The lowest BCUT2D eigenvalue weighted by atomic mass is 9.96. The van der Waals surface area contributed by atoms with Gasteiger partial charge in [0.05, 0.1) is 12.5 Å². The van der Waals surface area contributed by atoms with Gasteiger partial charge in [-0.15, -0.1) is 10.2 Å². The molecule has 2 atom stereocenters. The highest BCUT2D eigenvalue weighted by Gasteiger charge is 2.38. The van der Waals surface area contributed by atoms with Gasteiger partial charge in [0.2, 0.25) is 17.5 Å². The van der Waals surface area contributed by atoms with Crippen LogP contribution in [-0.4, -0.2) is 105 Å². The molecule has 2 aromatic rings. The zero-order valence-electron chi connectivity index (χ0n) is 18.8. The summed E-state index contributed by atoms with van der Waals surface area (Å²) in [6.07, 6.45) is 8.39. The normalized spacial score (nSPS) is 25.0. The fraction of sp³-hybridized carbons (Fsp3) is 0.682. The first kappa shape index (κ1) is 21.1. The first-order chi connectivity index (χ1) is 15.6. The maximum absolute atomic E-state index is 13.4. The first-order valence-corrected chi connectivity index (χ1v) is 11.8. The number of hydrogen-bond acceptors (Lipinski definition) is 7. The molecule has 10 heteroatoms. The molecule has 32 heavy (non-hydrogen) atoms. The second-order valence-corrected chi connectivity index (χ2v) is 9.34. The molecule has 3 aliphatic rings. The van der Waals surface area contributed by atoms with E-state index in [1.807, 2.05) is 20.4 Å². The van der Waals surface area contributed by atoms with Crippen LogP contribution in [0.3, 0.4) is 0 Å². The van der Waals surface area contributed by atoms with Gasteiger partial charge in [-0.25, -0.2) is 4.98 Å². The molecule has 0 aliphatic carbocycles. The largest absolute Gasteiger partial charge is 0.352 e. The van der Waals surface area contributed by atoms with Crippen LogP contribution in [-0.2, 0) is 9.59 Å². The molecular weight excluding hydrogens is 408 g/mol. The topological polar surface area (TPSA) is 90.2 Å². The lowest BCUT2D eigenvalue weighted by molar-refractivity contribution is -0.135. The predicted molar refractivity (Wildman–Crippen MR) is 119 cm³/mol. The van der Waals surface area contributed by atoms with Crippen LogP contribution in [0.25, 0.3) is 5.65 Å². The van der Waals surface area contributed by atoms with Crippen LogP contribution < -0.4 is 4.90 Å². The van der Waals surface area contributed by atoms with Crippen LogP contribution in [0.5, 0.6) is 0 Å². The summed E-state index contributed by atoms with van der Waals surface area (Å²) in [5.41, 5.74) is 0.723. The lowest BCUT2D eigenvalue weighted by Gasteiger charge is -2.26. The van der Waals surface area contributed by atoms with Crippen molar-refractivity contribution in [2.24, 2.45) is 11.8 Å². The maximum atomic E-state index is 13.4. The van der Waals surface area contributed by atoms with Crippen LogP contribution in [0.4, 0.5) is 5.82 Å². The number of rotatable bonds is 4. The molecule has 3 saturated heterocycles. The summed E-state index contributed by atoms with van der Waals surface area (Å²) in [5.74, 6) is 1.43. The summed E-state index contributed by atoms with van der Waals surface area (Å²) < 4.78 is 1.86. The van der Waals surface area contributed by atoms with Crippen LogP contribution in [0.2, 0.25) is 0 Å². The Bertz CT molecular complexity index is 972. The zero-order chi connectivity index (χ0) is 22.1. The molecule has 0 radical (unpaired) electrons.